The van der Waals surface area contributed by atoms with Gasteiger partial charge in [-0.25, -0.2) is 0 Å². The summed E-state index contributed by atoms with van der Waals surface area (Å²) in [6.45, 7) is -0.389. The Morgan fingerprint density at radius 2 is 1.77 bits per heavy atom. The summed E-state index contributed by atoms with van der Waals surface area (Å²) in [7, 11) is 0. The van der Waals surface area contributed by atoms with Crippen molar-refractivity contribution in [1.82, 2.24) is 0 Å². The lowest BCUT2D eigenvalue weighted by Crippen LogP contribution is -2.20. The normalized spacial score (nSPS) is 11.1. The van der Waals surface area contributed by atoms with Gasteiger partial charge in [0.05, 0.1) is 5.56 Å². The molecule has 0 aromatic heterocycles. The van der Waals surface area contributed by atoms with Crippen LogP contribution in [0.25, 0.3) is 0 Å². The molecule has 0 heterocycles. The van der Waals surface area contributed by atoms with Crippen LogP contribution in [0.1, 0.15) is 10.4 Å². The van der Waals surface area contributed by atoms with Crippen LogP contribution in [0.15, 0.2) is 53.0 Å². The molecule has 3 nitrogen and oxygen atoms in total. The average Bonchev–Trinajstić information content (AvgIpc) is 2.44. The van der Waals surface area contributed by atoms with E-state index in [2.05, 4.69) is 20.7 Å². The van der Waals surface area contributed by atoms with Crippen LogP contribution in [0.3, 0.4) is 0 Å². The topological polar surface area (TPSA) is 35.5 Å². The lowest BCUT2D eigenvalue weighted by molar-refractivity contribution is -0.274. The predicted octanol–water partition coefficient (Wildman–Crippen LogP) is 4.61. The number of benzene rings is 2. The molecule has 0 fully saturated rings. The Bertz CT molecular complexity index is 657. The molecule has 0 saturated carbocycles. The highest BCUT2D eigenvalue weighted by Crippen LogP contribution is 2.29. The molecule has 0 unspecified atom stereocenters. The van der Waals surface area contributed by atoms with E-state index in [-0.39, 0.29) is 12.2 Å². The fourth-order valence-electron chi connectivity index (χ4n) is 1.68. The highest BCUT2D eigenvalue weighted by molar-refractivity contribution is 9.10. The van der Waals surface area contributed by atoms with Crippen molar-refractivity contribution < 1.29 is 27.4 Å². The van der Waals surface area contributed by atoms with Crippen molar-refractivity contribution in [2.75, 3.05) is 6.61 Å². The monoisotopic (exact) mass is 374 g/mol. The molecule has 7 heteroatoms. The lowest BCUT2D eigenvalue weighted by Gasteiger charge is -2.13. The fourth-order valence-corrected chi connectivity index (χ4v) is 2.02. The zero-order chi connectivity index (χ0) is 16.2. The largest absolute Gasteiger partial charge is 0.573 e. The Balaban J connectivity index is 2.15. The summed E-state index contributed by atoms with van der Waals surface area (Å²) in [5.74, 6) is -0.731. The third kappa shape index (κ3) is 4.77. The van der Waals surface area contributed by atoms with Crippen molar-refractivity contribution in [1.29, 1.82) is 0 Å². The van der Waals surface area contributed by atoms with Gasteiger partial charge in [-0.3, -0.25) is 4.79 Å². The van der Waals surface area contributed by atoms with Crippen LogP contribution in [-0.2, 0) is 0 Å². The van der Waals surface area contributed by atoms with Gasteiger partial charge in [0.15, 0.2) is 6.61 Å². The molecule has 22 heavy (non-hydrogen) atoms. The molecule has 2 aromatic carbocycles. The van der Waals surface area contributed by atoms with Gasteiger partial charge >= 0.3 is 6.36 Å². The molecular formula is C15H10BrF3O3. The lowest BCUT2D eigenvalue weighted by atomic mass is 10.1. The number of rotatable bonds is 5. The number of Topliss-reactive ketones (excluding diaryl/α,β-unsaturated/α-hetero) is 1. The highest BCUT2D eigenvalue weighted by atomic mass is 79.9. The third-order valence-electron chi connectivity index (χ3n) is 2.58. The average molecular weight is 375 g/mol. The molecule has 0 radical (unpaired) electrons. The minimum Gasteiger partial charge on any atom is -0.485 e. The van der Waals surface area contributed by atoms with Crippen LogP contribution in [0, 0.1) is 0 Å². The Kier molecular flexibility index (Phi) is 5.07. The van der Waals surface area contributed by atoms with Gasteiger partial charge in [0.1, 0.15) is 11.5 Å². The van der Waals surface area contributed by atoms with Crippen molar-refractivity contribution in [3.05, 3.63) is 58.6 Å². The first-order chi connectivity index (χ1) is 10.3. The Labute approximate surface area is 132 Å². The predicted molar refractivity (Wildman–Crippen MR) is 77.1 cm³/mol. The molecule has 2 aromatic rings. The highest BCUT2D eigenvalue weighted by Gasteiger charge is 2.33. The van der Waals surface area contributed by atoms with Gasteiger partial charge in [0, 0.05) is 4.47 Å². The van der Waals surface area contributed by atoms with Gasteiger partial charge in [-0.1, -0.05) is 34.1 Å². The number of para-hydroxylation sites is 1. The second-order valence-electron chi connectivity index (χ2n) is 4.21. The van der Waals surface area contributed by atoms with Crippen molar-refractivity contribution in [2.24, 2.45) is 0 Å². The summed E-state index contributed by atoms with van der Waals surface area (Å²) in [6.07, 6.45) is -4.88. The first-order valence-electron chi connectivity index (χ1n) is 6.11. The second kappa shape index (κ2) is 6.83. The minimum atomic E-state index is -4.88. The van der Waals surface area contributed by atoms with Crippen LogP contribution in [-0.4, -0.2) is 18.8 Å². The van der Waals surface area contributed by atoms with E-state index in [1.807, 2.05) is 0 Å². The summed E-state index contributed by atoms with van der Waals surface area (Å²) in [5, 5.41) is 0. The van der Waals surface area contributed by atoms with Gasteiger partial charge in [-0.2, -0.15) is 0 Å². The van der Waals surface area contributed by atoms with Gasteiger partial charge in [-0.15, -0.1) is 13.2 Å². The number of carbonyl (C=O) groups excluding carboxylic acids is 1. The summed E-state index contributed by atoms with van der Waals surface area (Å²) < 4.78 is 46.6. The fraction of sp³-hybridized carbons (Fsp3) is 0.133. The van der Waals surface area contributed by atoms with Gasteiger partial charge in [-0.05, 0) is 30.3 Å². The number of alkyl halides is 3. The molecule has 0 saturated heterocycles. The van der Waals surface area contributed by atoms with Crippen molar-refractivity contribution in [2.45, 2.75) is 6.36 Å². The van der Waals surface area contributed by atoms with Gasteiger partial charge < -0.3 is 9.47 Å². The molecular weight excluding hydrogens is 365 g/mol. The zero-order valence-electron chi connectivity index (χ0n) is 11.1. The third-order valence-corrected chi connectivity index (χ3v) is 3.08. The van der Waals surface area contributed by atoms with E-state index in [1.54, 1.807) is 30.3 Å². The van der Waals surface area contributed by atoms with E-state index >= 15 is 0 Å². The zero-order valence-corrected chi connectivity index (χ0v) is 12.6. The van der Waals surface area contributed by atoms with E-state index in [0.717, 1.165) is 6.07 Å². The SMILES string of the molecule is O=C(COc1ccccc1)c1ccc(Br)cc1OC(F)(F)F. The van der Waals surface area contributed by atoms with Crippen molar-refractivity contribution in [3.8, 4) is 11.5 Å². The molecule has 116 valence electrons. The molecule has 0 aliphatic rings. The second-order valence-corrected chi connectivity index (χ2v) is 5.13. The molecule has 0 amide bonds. The number of carbonyl (C=O) groups is 1. The van der Waals surface area contributed by atoms with E-state index < -0.39 is 17.9 Å². The van der Waals surface area contributed by atoms with E-state index in [4.69, 9.17) is 4.74 Å². The Hall–Kier alpha value is -2.02. The molecule has 0 aliphatic carbocycles. The number of hydrogen-bond donors (Lipinski definition) is 0. The molecule has 0 aliphatic heterocycles. The molecule has 2 rings (SSSR count). The number of ketones is 1. The summed E-state index contributed by atoms with van der Waals surface area (Å²) >= 11 is 3.04. The van der Waals surface area contributed by atoms with Crippen molar-refractivity contribution >= 4 is 21.7 Å². The standard InChI is InChI=1S/C15H10BrF3O3/c16-10-6-7-12(14(8-10)22-15(17,18)19)13(20)9-21-11-4-2-1-3-5-11/h1-8H,9H2. The molecule has 0 atom stereocenters. The van der Waals surface area contributed by atoms with E-state index in [9.17, 15) is 18.0 Å². The van der Waals surface area contributed by atoms with Crippen molar-refractivity contribution in [3.63, 3.8) is 0 Å². The number of halogens is 4. The Morgan fingerprint density at radius 3 is 2.41 bits per heavy atom. The quantitative estimate of drug-likeness (QED) is 0.717. The van der Waals surface area contributed by atoms with Crippen LogP contribution < -0.4 is 9.47 Å². The van der Waals surface area contributed by atoms with Gasteiger partial charge in [0.25, 0.3) is 0 Å². The van der Waals surface area contributed by atoms with Gasteiger partial charge in [0.2, 0.25) is 5.78 Å². The smallest absolute Gasteiger partial charge is 0.485 e. The molecule has 0 bridgehead atoms. The number of hydrogen-bond acceptors (Lipinski definition) is 3. The molecule has 0 N–H and O–H groups in total. The maximum absolute atomic E-state index is 12.4. The van der Waals surface area contributed by atoms with Crippen LogP contribution in [0.2, 0.25) is 0 Å². The summed E-state index contributed by atoms with van der Waals surface area (Å²) in [4.78, 5) is 12.0. The first kappa shape index (κ1) is 16.4. The summed E-state index contributed by atoms with van der Waals surface area (Å²) in [6, 6.07) is 12.3. The van der Waals surface area contributed by atoms with Crippen LogP contribution in [0.4, 0.5) is 13.2 Å². The maximum atomic E-state index is 12.4. The number of ether oxygens (including phenoxy) is 2. The first-order valence-corrected chi connectivity index (χ1v) is 6.91. The maximum Gasteiger partial charge on any atom is 0.573 e. The minimum absolute atomic E-state index is 0.198. The van der Waals surface area contributed by atoms with E-state index in [0.29, 0.717) is 10.2 Å². The van der Waals surface area contributed by atoms with E-state index in [1.165, 1.54) is 12.1 Å². The van der Waals surface area contributed by atoms with Crippen LogP contribution >= 0.6 is 15.9 Å². The van der Waals surface area contributed by atoms with Crippen LogP contribution in [0.5, 0.6) is 11.5 Å². The summed E-state index contributed by atoms with van der Waals surface area (Å²) in [5.41, 5.74) is -0.198. The Morgan fingerprint density at radius 1 is 1.09 bits per heavy atom. The molecule has 0 spiro atoms.